The number of esters is 1. The fourth-order valence-electron chi connectivity index (χ4n) is 2.55. The zero-order valence-corrected chi connectivity index (χ0v) is 10.9. The summed E-state index contributed by atoms with van der Waals surface area (Å²) in [7, 11) is 0. The Morgan fingerprint density at radius 3 is 2.41 bits per heavy atom. The largest absolute Gasteiger partial charge is 0.466 e. The number of hydrogen-bond donors (Lipinski definition) is 1. The Morgan fingerprint density at radius 1 is 1.24 bits per heavy atom. The Hall–Kier alpha value is -1.06. The van der Waals surface area contributed by atoms with Gasteiger partial charge in [0, 0.05) is 13.5 Å². The van der Waals surface area contributed by atoms with Gasteiger partial charge in [-0.15, -0.1) is 0 Å². The number of nitrogens with one attached hydrogen (secondary N) is 1. The normalized spacial score (nSPS) is 18.5. The Kier molecular flexibility index (Phi) is 5.45. The van der Waals surface area contributed by atoms with Gasteiger partial charge in [-0.05, 0) is 25.2 Å². The second kappa shape index (κ2) is 6.62. The van der Waals surface area contributed by atoms with Crippen LogP contribution in [0.5, 0.6) is 0 Å². The number of rotatable bonds is 5. The summed E-state index contributed by atoms with van der Waals surface area (Å²) < 4.78 is 5.02. The van der Waals surface area contributed by atoms with E-state index in [2.05, 4.69) is 5.32 Å². The third-order valence-electron chi connectivity index (χ3n) is 3.45. The number of hydrogen-bond acceptors (Lipinski definition) is 3. The molecule has 1 N–H and O–H groups in total. The molecule has 17 heavy (non-hydrogen) atoms. The maximum absolute atomic E-state index is 11.6. The van der Waals surface area contributed by atoms with Crippen molar-refractivity contribution in [3.05, 3.63) is 0 Å². The van der Waals surface area contributed by atoms with Crippen molar-refractivity contribution < 1.29 is 14.3 Å². The molecule has 1 aliphatic carbocycles. The van der Waals surface area contributed by atoms with Crippen LogP contribution in [0.3, 0.4) is 0 Å². The van der Waals surface area contributed by atoms with Gasteiger partial charge in [0.15, 0.2) is 0 Å². The van der Waals surface area contributed by atoms with Crippen LogP contribution in [0, 0.1) is 5.41 Å². The molecule has 0 unspecified atom stereocenters. The van der Waals surface area contributed by atoms with Crippen molar-refractivity contribution in [3.8, 4) is 0 Å². The van der Waals surface area contributed by atoms with Crippen LogP contribution in [-0.2, 0) is 14.3 Å². The molecule has 0 aromatic carbocycles. The second-order valence-electron chi connectivity index (χ2n) is 4.95. The molecule has 0 aromatic rings. The first-order chi connectivity index (χ1) is 8.08. The van der Waals surface area contributed by atoms with Gasteiger partial charge in [-0.3, -0.25) is 9.59 Å². The van der Waals surface area contributed by atoms with E-state index in [0.717, 1.165) is 25.7 Å². The standard InChI is InChI=1S/C13H23NO3/c1-3-17-12(16)9-13(10-14-11(2)15)7-5-4-6-8-13/h3-10H2,1-2H3,(H,14,15). The third kappa shape index (κ3) is 4.75. The van der Waals surface area contributed by atoms with E-state index in [1.54, 1.807) is 0 Å². The Balaban J connectivity index is 2.57. The molecule has 98 valence electrons. The molecule has 0 bridgehead atoms. The fourth-order valence-corrected chi connectivity index (χ4v) is 2.55. The van der Waals surface area contributed by atoms with Crippen molar-refractivity contribution in [2.45, 2.75) is 52.4 Å². The molecule has 0 atom stereocenters. The van der Waals surface area contributed by atoms with Crippen LogP contribution >= 0.6 is 0 Å². The summed E-state index contributed by atoms with van der Waals surface area (Å²) in [4.78, 5) is 22.6. The molecule has 0 heterocycles. The number of carbonyl (C=O) groups is 2. The predicted molar refractivity (Wildman–Crippen MR) is 65.5 cm³/mol. The summed E-state index contributed by atoms with van der Waals surface area (Å²) in [6.07, 6.45) is 5.95. The smallest absolute Gasteiger partial charge is 0.306 e. The van der Waals surface area contributed by atoms with Gasteiger partial charge in [0.2, 0.25) is 5.91 Å². The van der Waals surface area contributed by atoms with E-state index in [1.165, 1.54) is 13.3 Å². The van der Waals surface area contributed by atoms with Crippen molar-refractivity contribution in [1.82, 2.24) is 5.32 Å². The van der Waals surface area contributed by atoms with Crippen LogP contribution in [0.4, 0.5) is 0 Å². The van der Waals surface area contributed by atoms with Gasteiger partial charge in [0.05, 0.1) is 13.0 Å². The first-order valence-corrected chi connectivity index (χ1v) is 6.48. The molecule has 0 saturated heterocycles. The molecule has 0 aliphatic heterocycles. The van der Waals surface area contributed by atoms with Gasteiger partial charge in [-0.25, -0.2) is 0 Å². The summed E-state index contributed by atoms with van der Waals surface area (Å²) in [5.74, 6) is -0.168. The molecule has 0 spiro atoms. The van der Waals surface area contributed by atoms with Gasteiger partial charge < -0.3 is 10.1 Å². The quantitative estimate of drug-likeness (QED) is 0.749. The third-order valence-corrected chi connectivity index (χ3v) is 3.45. The highest BCUT2D eigenvalue weighted by molar-refractivity contribution is 5.73. The summed E-state index contributed by atoms with van der Waals surface area (Å²) in [6, 6.07) is 0. The van der Waals surface area contributed by atoms with E-state index >= 15 is 0 Å². The molecule has 0 radical (unpaired) electrons. The zero-order valence-electron chi connectivity index (χ0n) is 10.9. The van der Waals surface area contributed by atoms with Gasteiger partial charge >= 0.3 is 5.97 Å². The monoisotopic (exact) mass is 241 g/mol. The molecule has 1 amide bonds. The van der Waals surface area contributed by atoms with Crippen LogP contribution in [0.25, 0.3) is 0 Å². The van der Waals surface area contributed by atoms with E-state index in [-0.39, 0.29) is 17.3 Å². The van der Waals surface area contributed by atoms with Crippen LogP contribution < -0.4 is 5.32 Å². The van der Waals surface area contributed by atoms with Crippen molar-refractivity contribution in [3.63, 3.8) is 0 Å². The summed E-state index contributed by atoms with van der Waals surface area (Å²) in [6.45, 7) is 4.36. The van der Waals surface area contributed by atoms with Crippen LogP contribution in [0.1, 0.15) is 52.4 Å². The molecular formula is C13H23NO3. The Labute approximate surface area is 103 Å². The first kappa shape index (κ1) is 14.0. The molecule has 4 nitrogen and oxygen atoms in total. The summed E-state index contributed by atoms with van der Waals surface area (Å²) in [5, 5.41) is 2.86. The Bertz CT molecular complexity index is 270. The molecule has 1 aliphatic rings. The second-order valence-corrected chi connectivity index (χ2v) is 4.95. The molecule has 1 rings (SSSR count). The van der Waals surface area contributed by atoms with Gasteiger partial charge in [0.1, 0.15) is 0 Å². The lowest BCUT2D eigenvalue weighted by Gasteiger charge is -2.36. The number of ether oxygens (including phenoxy) is 1. The summed E-state index contributed by atoms with van der Waals surface area (Å²) in [5.41, 5.74) is -0.0732. The molecule has 1 saturated carbocycles. The maximum Gasteiger partial charge on any atom is 0.306 e. The highest BCUT2D eigenvalue weighted by Gasteiger charge is 2.34. The van der Waals surface area contributed by atoms with E-state index < -0.39 is 0 Å². The topological polar surface area (TPSA) is 55.4 Å². The Morgan fingerprint density at radius 2 is 1.88 bits per heavy atom. The lowest BCUT2D eigenvalue weighted by Crippen LogP contribution is -2.40. The van der Waals surface area contributed by atoms with Gasteiger partial charge in [-0.2, -0.15) is 0 Å². The van der Waals surface area contributed by atoms with Crippen molar-refractivity contribution in [2.24, 2.45) is 5.41 Å². The van der Waals surface area contributed by atoms with E-state index in [1.807, 2.05) is 6.92 Å². The maximum atomic E-state index is 11.6. The van der Waals surface area contributed by atoms with Crippen LogP contribution in [0.15, 0.2) is 0 Å². The lowest BCUT2D eigenvalue weighted by molar-refractivity contribution is -0.146. The minimum atomic E-state index is -0.139. The number of carbonyl (C=O) groups excluding carboxylic acids is 2. The minimum Gasteiger partial charge on any atom is -0.466 e. The minimum absolute atomic E-state index is 0.0289. The summed E-state index contributed by atoms with van der Waals surface area (Å²) >= 11 is 0. The highest BCUT2D eigenvalue weighted by atomic mass is 16.5. The van der Waals surface area contributed by atoms with Gasteiger partial charge in [0.25, 0.3) is 0 Å². The number of amides is 1. The van der Waals surface area contributed by atoms with Crippen molar-refractivity contribution in [2.75, 3.05) is 13.2 Å². The van der Waals surface area contributed by atoms with E-state index in [9.17, 15) is 9.59 Å². The van der Waals surface area contributed by atoms with Gasteiger partial charge in [-0.1, -0.05) is 19.3 Å². The average molecular weight is 241 g/mol. The highest BCUT2D eigenvalue weighted by Crippen LogP contribution is 2.39. The first-order valence-electron chi connectivity index (χ1n) is 6.48. The van der Waals surface area contributed by atoms with Crippen LogP contribution in [0.2, 0.25) is 0 Å². The average Bonchev–Trinajstić information content (AvgIpc) is 2.28. The van der Waals surface area contributed by atoms with E-state index in [4.69, 9.17) is 4.74 Å². The van der Waals surface area contributed by atoms with E-state index in [0.29, 0.717) is 19.6 Å². The molecule has 0 aromatic heterocycles. The zero-order chi connectivity index (χ0) is 12.7. The lowest BCUT2D eigenvalue weighted by atomic mass is 9.71. The molecule has 1 fully saturated rings. The molecule has 4 heteroatoms. The fraction of sp³-hybridized carbons (Fsp3) is 0.846. The SMILES string of the molecule is CCOC(=O)CC1(CNC(C)=O)CCCCC1. The molecular weight excluding hydrogens is 218 g/mol. The van der Waals surface area contributed by atoms with Crippen molar-refractivity contribution >= 4 is 11.9 Å². The van der Waals surface area contributed by atoms with Crippen LogP contribution in [-0.4, -0.2) is 25.0 Å². The van der Waals surface area contributed by atoms with Crippen molar-refractivity contribution in [1.29, 1.82) is 0 Å². The predicted octanol–water partition coefficient (Wildman–Crippen LogP) is 2.03.